The molecule has 0 heterocycles. The van der Waals surface area contributed by atoms with Gasteiger partial charge in [-0.3, -0.25) is 18.2 Å². The summed E-state index contributed by atoms with van der Waals surface area (Å²) in [7, 11) is 0.750. The SMILES string of the molecule is CC1=[C-]C(C)(C)C(C)=C1C.C[SiH]C.[C-]1=CC=CC1.[C-]1=CC=CC1.[Zr+3]. The smallest absolute Gasteiger partial charge is 0.273 e. The largest absolute Gasteiger partial charge is 3.00 e. The molecule has 0 unspecified atom stereocenters. The third-order valence-electron chi connectivity index (χ3n) is 3.73. The van der Waals surface area contributed by atoms with Crippen LogP contribution in [-0.2, 0) is 26.2 Å². The van der Waals surface area contributed by atoms with Gasteiger partial charge in [0.05, 0.1) is 0 Å². The average Bonchev–Trinajstić information content (AvgIpc) is 3.24. The molecule has 0 aromatic heterocycles. The van der Waals surface area contributed by atoms with Crippen molar-refractivity contribution in [3.8, 4) is 0 Å². The van der Waals surface area contributed by atoms with Crippen molar-refractivity contribution in [1.82, 2.24) is 0 Å². The van der Waals surface area contributed by atoms with Gasteiger partial charge in [0, 0.05) is 9.52 Å². The molecule has 0 fully saturated rings. The zero-order valence-corrected chi connectivity index (χ0v) is 20.1. The fraction of sp³-hybridized carbons (Fsp3) is 0.455. The van der Waals surface area contributed by atoms with Crippen molar-refractivity contribution in [1.29, 1.82) is 0 Å². The van der Waals surface area contributed by atoms with Crippen molar-refractivity contribution in [2.75, 3.05) is 0 Å². The molecule has 2 radical (unpaired) electrons. The Hall–Kier alpha value is -0.460. The first-order chi connectivity index (χ1) is 10.9. The second kappa shape index (κ2) is 14.8. The third-order valence-corrected chi connectivity index (χ3v) is 3.73. The molecule has 0 atom stereocenters. The van der Waals surface area contributed by atoms with E-state index in [2.05, 4.69) is 78.1 Å². The average molecular weight is 416 g/mol. The van der Waals surface area contributed by atoms with Crippen molar-refractivity contribution in [2.45, 2.75) is 60.6 Å². The molecule has 0 aliphatic heterocycles. The van der Waals surface area contributed by atoms with E-state index in [0.717, 1.165) is 22.4 Å². The van der Waals surface area contributed by atoms with Crippen LogP contribution in [0.25, 0.3) is 0 Å². The molecule has 24 heavy (non-hydrogen) atoms. The van der Waals surface area contributed by atoms with Crippen LogP contribution in [0, 0.1) is 23.6 Å². The van der Waals surface area contributed by atoms with E-state index in [4.69, 9.17) is 0 Å². The minimum Gasteiger partial charge on any atom is -0.273 e. The molecule has 0 N–H and O–H groups in total. The molecule has 0 bridgehead atoms. The molecule has 0 amide bonds. The van der Waals surface area contributed by atoms with Crippen molar-refractivity contribution in [2.24, 2.45) is 5.41 Å². The van der Waals surface area contributed by atoms with Crippen molar-refractivity contribution in [3.05, 3.63) is 71.4 Å². The second-order valence-electron chi connectivity index (χ2n) is 6.21. The Balaban J connectivity index is 0. The molecule has 0 saturated heterocycles. The van der Waals surface area contributed by atoms with Crippen molar-refractivity contribution in [3.63, 3.8) is 0 Å². The summed E-state index contributed by atoms with van der Waals surface area (Å²) in [6.45, 7) is 15.3. The van der Waals surface area contributed by atoms with E-state index < -0.39 is 0 Å². The van der Waals surface area contributed by atoms with Gasteiger partial charge < -0.3 is 0 Å². The standard InChI is InChI=1S/C10H15.2C5H5.C2H7Si.Zr/c1-7-6-10(4,5)9(3)8(7)2;2*1-2-4-5-3-1;1-3-2;/h1-5H3;2*1-3H,4H2;3H,1-2H3;/q3*-1;;+3. The summed E-state index contributed by atoms with van der Waals surface area (Å²) in [4.78, 5) is 0. The van der Waals surface area contributed by atoms with E-state index in [1.165, 1.54) is 16.7 Å². The minimum atomic E-state index is 0. The first kappa shape index (κ1) is 25.8. The molecule has 0 nitrogen and oxygen atoms in total. The Bertz CT molecular complexity index is 472. The fourth-order valence-electron chi connectivity index (χ4n) is 2.09. The summed E-state index contributed by atoms with van der Waals surface area (Å²) < 4.78 is 0. The normalized spacial score (nSPS) is 17.9. The second-order valence-corrected chi connectivity index (χ2v) is 7.36. The molecule has 128 valence electrons. The van der Waals surface area contributed by atoms with E-state index in [1.54, 1.807) is 0 Å². The minimum absolute atomic E-state index is 0. The Morgan fingerprint density at radius 1 is 0.917 bits per heavy atom. The van der Waals surface area contributed by atoms with E-state index in [-0.39, 0.29) is 31.6 Å². The summed E-state index contributed by atoms with van der Waals surface area (Å²) in [5.74, 6) is 0. The van der Waals surface area contributed by atoms with E-state index in [9.17, 15) is 0 Å². The van der Waals surface area contributed by atoms with Crippen LogP contribution in [0.3, 0.4) is 0 Å². The first-order valence-electron chi connectivity index (χ1n) is 8.34. The van der Waals surface area contributed by atoms with Gasteiger partial charge in [-0.15, -0.1) is 19.8 Å². The maximum Gasteiger partial charge on any atom is 3.00 e. The van der Waals surface area contributed by atoms with Crippen LogP contribution >= 0.6 is 0 Å². The van der Waals surface area contributed by atoms with Gasteiger partial charge in [-0.25, -0.2) is 29.9 Å². The molecule has 2 heteroatoms. The Morgan fingerprint density at radius 2 is 1.33 bits per heavy atom. The summed E-state index contributed by atoms with van der Waals surface area (Å²) in [5, 5.41) is 0. The molecule has 3 aliphatic rings. The molecule has 0 spiro atoms. The van der Waals surface area contributed by atoms with E-state index in [0.29, 0.717) is 0 Å². The quantitative estimate of drug-likeness (QED) is 0.324. The predicted octanol–water partition coefficient (Wildman–Crippen LogP) is 6.24. The molecular formula is C22H32SiZr. The topological polar surface area (TPSA) is 0 Å². The summed E-state index contributed by atoms with van der Waals surface area (Å²) in [6, 6.07) is 0. The zero-order valence-electron chi connectivity index (χ0n) is 16.5. The number of hydrogen-bond acceptors (Lipinski definition) is 0. The summed E-state index contributed by atoms with van der Waals surface area (Å²) in [6.07, 6.45) is 23.4. The van der Waals surface area contributed by atoms with E-state index >= 15 is 0 Å². The van der Waals surface area contributed by atoms with Gasteiger partial charge in [0.15, 0.2) is 0 Å². The summed E-state index contributed by atoms with van der Waals surface area (Å²) >= 11 is 0. The maximum absolute atomic E-state index is 3.44. The number of rotatable bonds is 0. The first-order valence-corrected chi connectivity index (χ1v) is 10.6. The van der Waals surface area contributed by atoms with Crippen molar-refractivity contribution < 1.29 is 26.2 Å². The van der Waals surface area contributed by atoms with Gasteiger partial charge in [0.1, 0.15) is 0 Å². The monoisotopic (exact) mass is 414 g/mol. The van der Waals surface area contributed by atoms with Crippen LogP contribution in [0.4, 0.5) is 0 Å². The molecule has 3 rings (SSSR count). The molecule has 0 saturated carbocycles. The number of hydrogen-bond donors (Lipinski definition) is 0. The summed E-state index contributed by atoms with van der Waals surface area (Å²) in [5.41, 5.74) is 4.39. The molecule has 0 aromatic carbocycles. The van der Waals surface area contributed by atoms with Gasteiger partial charge in [0.2, 0.25) is 0 Å². The number of allylic oxidation sites excluding steroid dienone is 12. The maximum atomic E-state index is 3.44. The van der Waals surface area contributed by atoms with Crippen molar-refractivity contribution >= 4 is 9.52 Å². The fourth-order valence-corrected chi connectivity index (χ4v) is 2.09. The van der Waals surface area contributed by atoms with Crippen LogP contribution in [0.2, 0.25) is 13.1 Å². The van der Waals surface area contributed by atoms with Crippen LogP contribution < -0.4 is 0 Å². The van der Waals surface area contributed by atoms with Crippen LogP contribution in [0.5, 0.6) is 0 Å². The van der Waals surface area contributed by atoms with Gasteiger partial charge in [-0.05, 0) is 0 Å². The third kappa shape index (κ3) is 11.2. The van der Waals surface area contributed by atoms with Crippen LogP contribution in [0.15, 0.2) is 53.2 Å². The Kier molecular flexibility index (Phi) is 15.9. The van der Waals surface area contributed by atoms with Gasteiger partial charge >= 0.3 is 26.2 Å². The molecular weight excluding hydrogens is 384 g/mol. The predicted molar refractivity (Wildman–Crippen MR) is 107 cm³/mol. The van der Waals surface area contributed by atoms with Gasteiger partial charge in [-0.1, -0.05) is 46.2 Å². The Morgan fingerprint density at radius 3 is 1.42 bits per heavy atom. The molecule has 3 aliphatic carbocycles. The zero-order chi connectivity index (χ0) is 17.7. The van der Waals surface area contributed by atoms with Gasteiger partial charge in [0.25, 0.3) is 0 Å². The van der Waals surface area contributed by atoms with Gasteiger partial charge in [-0.2, -0.15) is 23.3 Å². The Labute approximate surface area is 172 Å². The van der Waals surface area contributed by atoms with Crippen LogP contribution in [-0.4, -0.2) is 9.52 Å². The molecule has 0 aromatic rings. The van der Waals surface area contributed by atoms with Crippen LogP contribution in [0.1, 0.15) is 47.5 Å². The van der Waals surface area contributed by atoms with E-state index in [1.807, 2.05) is 24.3 Å².